The van der Waals surface area contributed by atoms with Crippen LogP contribution in [0.3, 0.4) is 0 Å². The van der Waals surface area contributed by atoms with Gasteiger partial charge in [0.25, 0.3) is 0 Å². The molecule has 0 spiro atoms. The van der Waals surface area contributed by atoms with E-state index in [4.69, 9.17) is 17.3 Å². The van der Waals surface area contributed by atoms with Gasteiger partial charge in [-0.25, -0.2) is 0 Å². The number of aromatic nitrogens is 2. The smallest absolute Gasteiger partial charge is 0.140 e. The first-order valence-corrected chi connectivity index (χ1v) is 7.43. The molecule has 1 unspecified atom stereocenters. The molecule has 21 heavy (non-hydrogen) atoms. The van der Waals surface area contributed by atoms with Gasteiger partial charge in [0, 0.05) is 25.9 Å². The van der Waals surface area contributed by atoms with Crippen LogP contribution in [0.4, 0.5) is 0 Å². The highest BCUT2D eigenvalue weighted by atomic mass is 35.5. The predicted molar refractivity (Wildman–Crippen MR) is 84.3 cm³/mol. The highest BCUT2D eigenvalue weighted by Crippen LogP contribution is 2.23. The third kappa shape index (κ3) is 3.71. The Kier molecular flexibility index (Phi) is 5.15. The zero-order valence-electron chi connectivity index (χ0n) is 12.3. The largest absolute Gasteiger partial charge is 0.324 e. The zero-order valence-corrected chi connectivity index (χ0v) is 13.1. The van der Waals surface area contributed by atoms with Crippen molar-refractivity contribution in [2.75, 3.05) is 0 Å². The Balaban J connectivity index is 2.04. The van der Waals surface area contributed by atoms with Crippen LogP contribution in [0.15, 0.2) is 30.3 Å². The van der Waals surface area contributed by atoms with Crippen LogP contribution in [-0.2, 0) is 24.7 Å². The second-order valence-electron chi connectivity index (χ2n) is 5.12. The molecule has 0 saturated heterocycles. The van der Waals surface area contributed by atoms with Gasteiger partial charge in [0.2, 0.25) is 0 Å². The first-order valence-electron chi connectivity index (χ1n) is 7.05. The van der Waals surface area contributed by atoms with E-state index in [1.165, 1.54) is 0 Å². The van der Waals surface area contributed by atoms with Crippen molar-refractivity contribution in [2.45, 2.75) is 32.2 Å². The molecule has 1 atom stereocenters. The molecule has 0 saturated carbocycles. The molecule has 0 aliphatic rings. The molecule has 4 nitrogen and oxygen atoms in total. The number of nitrogens with two attached hydrogens (primary N) is 1. The SMILES string of the molecule is CCc1nn(C)c(CC(=O)CC(N)c2ccccc2)c1Cl. The number of benzene rings is 1. The normalized spacial score (nSPS) is 12.4. The minimum absolute atomic E-state index is 0.0684. The molecule has 0 bridgehead atoms. The fraction of sp³-hybridized carbons (Fsp3) is 0.375. The average molecular weight is 306 g/mol. The van der Waals surface area contributed by atoms with Crippen LogP contribution in [0.2, 0.25) is 5.02 Å². The number of hydrogen-bond donors (Lipinski definition) is 1. The molecule has 0 aliphatic heterocycles. The molecule has 2 rings (SSSR count). The van der Waals surface area contributed by atoms with Crippen molar-refractivity contribution >= 4 is 17.4 Å². The average Bonchev–Trinajstić information content (AvgIpc) is 2.75. The quantitative estimate of drug-likeness (QED) is 0.892. The second-order valence-corrected chi connectivity index (χ2v) is 5.50. The third-order valence-corrected chi connectivity index (χ3v) is 3.98. The summed E-state index contributed by atoms with van der Waals surface area (Å²) in [5, 5.41) is 4.92. The molecule has 2 N–H and O–H groups in total. The fourth-order valence-corrected chi connectivity index (χ4v) is 2.69. The Morgan fingerprint density at radius 2 is 2.05 bits per heavy atom. The summed E-state index contributed by atoms with van der Waals surface area (Å²) in [4.78, 5) is 12.2. The van der Waals surface area contributed by atoms with Gasteiger partial charge in [0.1, 0.15) is 5.78 Å². The first kappa shape index (κ1) is 15.7. The van der Waals surface area contributed by atoms with Crippen LogP contribution in [0, 0.1) is 0 Å². The summed E-state index contributed by atoms with van der Waals surface area (Å²) >= 11 is 6.26. The monoisotopic (exact) mass is 305 g/mol. The lowest BCUT2D eigenvalue weighted by Crippen LogP contribution is -2.17. The lowest BCUT2D eigenvalue weighted by Gasteiger charge is -2.11. The maximum absolute atomic E-state index is 12.2. The topological polar surface area (TPSA) is 60.9 Å². The van der Waals surface area contributed by atoms with E-state index in [-0.39, 0.29) is 18.2 Å². The van der Waals surface area contributed by atoms with Crippen LogP contribution >= 0.6 is 11.6 Å². The molecule has 0 fully saturated rings. The number of ketones is 1. The second kappa shape index (κ2) is 6.87. The highest BCUT2D eigenvalue weighted by Gasteiger charge is 2.18. The van der Waals surface area contributed by atoms with Gasteiger partial charge in [-0.15, -0.1) is 0 Å². The van der Waals surface area contributed by atoms with Crippen molar-refractivity contribution in [3.8, 4) is 0 Å². The molecular formula is C16H20ClN3O. The Labute approximate surface area is 129 Å². The summed E-state index contributed by atoms with van der Waals surface area (Å²) in [5.41, 5.74) is 8.64. The fourth-order valence-electron chi connectivity index (χ4n) is 2.33. The van der Waals surface area contributed by atoms with E-state index in [0.29, 0.717) is 11.4 Å². The number of aryl methyl sites for hydroxylation is 2. The van der Waals surface area contributed by atoms with Gasteiger partial charge in [0.15, 0.2) is 0 Å². The molecule has 0 amide bonds. The first-order chi connectivity index (χ1) is 10.0. The summed E-state index contributed by atoms with van der Waals surface area (Å²) in [6, 6.07) is 9.36. The van der Waals surface area contributed by atoms with Crippen LogP contribution in [0.25, 0.3) is 0 Å². The van der Waals surface area contributed by atoms with Crippen molar-refractivity contribution < 1.29 is 4.79 Å². The van der Waals surface area contributed by atoms with Crippen molar-refractivity contribution in [3.05, 3.63) is 52.3 Å². The van der Waals surface area contributed by atoms with Crippen LogP contribution in [-0.4, -0.2) is 15.6 Å². The molecule has 5 heteroatoms. The Morgan fingerprint density at radius 3 is 2.62 bits per heavy atom. The maximum atomic E-state index is 12.2. The van der Waals surface area contributed by atoms with Gasteiger partial charge in [-0.1, -0.05) is 48.9 Å². The summed E-state index contributed by atoms with van der Waals surface area (Å²) in [5.74, 6) is 0.0684. The molecule has 112 valence electrons. The lowest BCUT2D eigenvalue weighted by molar-refractivity contribution is -0.118. The Morgan fingerprint density at radius 1 is 1.38 bits per heavy atom. The minimum Gasteiger partial charge on any atom is -0.324 e. The van der Waals surface area contributed by atoms with E-state index in [1.807, 2.05) is 44.3 Å². The van der Waals surface area contributed by atoms with E-state index < -0.39 is 0 Å². The maximum Gasteiger partial charge on any atom is 0.140 e. The zero-order chi connectivity index (χ0) is 15.4. The van der Waals surface area contributed by atoms with Crippen LogP contribution < -0.4 is 5.73 Å². The van der Waals surface area contributed by atoms with E-state index in [2.05, 4.69) is 5.10 Å². The standard InChI is InChI=1S/C16H20ClN3O/c1-3-14-16(17)15(20(2)19-14)10-12(21)9-13(18)11-7-5-4-6-8-11/h4-8,13H,3,9-10,18H2,1-2H3. The van der Waals surface area contributed by atoms with Crippen LogP contribution in [0.5, 0.6) is 0 Å². The predicted octanol–water partition coefficient (Wildman–Crippen LogP) is 2.84. The number of carbonyl (C=O) groups is 1. The Bertz CT molecular complexity index is 622. The van der Waals surface area contributed by atoms with Gasteiger partial charge >= 0.3 is 0 Å². The minimum atomic E-state index is -0.281. The summed E-state index contributed by atoms with van der Waals surface area (Å²) in [7, 11) is 1.81. The number of carbonyl (C=O) groups excluding carboxylic acids is 1. The van der Waals surface area contributed by atoms with E-state index in [9.17, 15) is 4.79 Å². The molecule has 2 aromatic rings. The summed E-state index contributed by atoms with van der Waals surface area (Å²) < 4.78 is 1.69. The van der Waals surface area contributed by atoms with Gasteiger partial charge in [-0.3, -0.25) is 9.48 Å². The Hall–Kier alpha value is -1.65. The van der Waals surface area contributed by atoms with E-state index >= 15 is 0 Å². The molecule has 0 radical (unpaired) electrons. The van der Waals surface area contributed by atoms with Crippen molar-refractivity contribution in [3.63, 3.8) is 0 Å². The summed E-state index contributed by atoms with van der Waals surface area (Å²) in [6.45, 7) is 1.99. The molecule has 0 aliphatic carbocycles. The van der Waals surface area contributed by atoms with E-state index in [0.717, 1.165) is 23.4 Å². The van der Waals surface area contributed by atoms with Crippen LogP contribution in [0.1, 0.15) is 36.3 Å². The van der Waals surface area contributed by atoms with Gasteiger partial charge in [-0.2, -0.15) is 5.10 Å². The van der Waals surface area contributed by atoms with Gasteiger partial charge in [0.05, 0.1) is 16.4 Å². The van der Waals surface area contributed by atoms with Crippen molar-refractivity contribution in [2.24, 2.45) is 12.8 Å². The molecule has 1 aromatic carbocycles. The lowest BCUT2D eigenvalue weighted by atomic mass is 10.0. The molecular weight excluding hydrogens is 286 g/mol. The molecule has 1 aromatic heterocycles. The van der Waals surface area contributed by atoms with Gasteiger partial charge in [-0.05, 0) is 12.0 Å². The number of nitrogens with zero attached hydrogens (tertiary/aromatic N) is 2. The number of hydrogen-bond acceptors (Lipinski definition) is 3. The van der Waals surface area contributed by atoms with E-state index in [1.54, 1.807) is 4.68 Å². The number of rotatable bonds is 6. The van der Waals surface area contributed by atoms with Gasteiger partial charge < -0.3 is 5.73 Å². The number of Topliss-reactive ketones (excluding diaryl/α,β-unsaturated/α-hetero) is 1. The summed E-state index contributed by atoms with van der Waals surface area (Å²) in [6.07, 6.45) is 1.32. The molecule has 1 heterocycles. The van der Waals surface area contributed by atoms with Crippen molar-refractivity contribution in [1.29, 1.82) is 0 Å². The number of halogens is 1. The van der Waals surface area contributed by atoms with Crippen molar-refractivity contribution in [1.82, 2.24) is 9.78 Å². The highest BCUT2D eigenvalue weighted by molar-refractivity contribution is 6.32. The third-order valence-electron chi connectivity index (χ3n) is 3.54.